The normalized spacial score (nSPS) is 11.5. The summed E-state index contributed by atoms with van der Waals surface area (Å²) in [6, 6.07) is 9.12. The van der Waals surface area contributed by atoms with E-state index in [-0.39, 0.29) is 10.5 Å². The van der Waals surface area contributed by atoms with E-state index >= 15 is 0 Å². The van der Waals surface area contributed by atoms with Gasteiger partial charge in [-0.25, -0.2) is 13.2 Å². The molecule has 0 bridgehead atoms. The van der Waals surface area contributed by atoms with E-state index in [1.807, 2.05) is 0 Å². The first kappa shape index (κ1) is 15.4. The lowest BCUT2D eigenvalue weighted by Gasteiger charge is -2.10. The van der Waals surface area contributed by atoms with E-state index in [9.17, 15) is 13.2 Å². The zero-order valence-corrected chi connectivity index (χ0v) is 13.6. The highest BCUT2D eigenvalue weighted by molar-refractivity contribution is 7.92. The number of aromatic nitrogens is 1. The van der Waals surface area contributed by atoms with Gasteiger partial charge in [0.1, 0.15) is 0 Å². The largest absolute Gasteiger partial charge is 0.478 e. The second kappa shape index (κ2) is 5.64. The maximum Gasteiger partial charge on any atom is 0.335 e. The van der Waals surface area contributed by atoms with Gasteiger partial charge in [0, 0.05) is 17.3 Å². The third-order valence-electron chi connectivity index (χ3n) is 3.35. The van der Waals surface area contributed by atoms with Crippen LogP contribution in [-0.4, -0.2) is 23.9 Å². The molecule has 0 unspecified atom stereocenters. The van der Waals surface area contributed by atoms with Crippen LogP contribution in [0.2, 0.25) is 0 Å². The van der Waals surface area contributed by atoms with Crippen molar-refractivity contribution < 1.29 is 18.3 Å². The van der Waals surface area contributed by atoms with Crippen LogP contribution in [0.5, 0.6) is 0 Å². The van der Waals surface area contributed by atoms with Crippen molar-refractivity contribution in [2.75, 3.05) is 4.72 Å². The first-order valence-electron chi connectivity index (χ1n) is 6.58. The van der Waals surface area contributed by atoms with Crippen LogP contribution in [-0.2, 0) is 10.0 Å². The fourth-order valence-corrected chi connectivity index (χ4v) is 3.85. The average Bonchev–Trinajstić information content (AvgIpc) is 2.94. The van der Waals surface area contributed by atoms with Crippen molar-refractivity contribution in [3.05, 3.63) is 53.7 Å². The predicted octanol–water partition coefficient (Wildman–Crippen LogP) is 3.10. The summed E-state index contributed by atoms with van der Waals surface area (Å²) >= 11 is 1.32. The van der Waals surface area contributed by atoms with Gasteiger partial charge in [-0.05, 0) is 54.4 Å². The van der Waals surface area contributed by atoms with E-state index in [0.29, 0.717) is 11.3 Å². The summed E-state index contributed by atoms with van der Waals surface area (Å²) in [5, 5.41) is 9.96. The van der Waals surface area contributed by atoms with Crippen LogP contribution in [0.15, 0.2) is 47.5 Å². The van der Waals surface area contributed by atoms with Gasteiger partial charge < -0.3 is 5.11 Å². The quantitative estimate of drug-likeness (QED) is 0.755. The Morgan fingerprint density at radius 3 is 2.74 bits per heavy atom. The molecule has 2 N–H and O–H groups in total. The number of carboxylic acids is 1. The third-order valence-corrected chi connectivity index (χ3v) is 5.51. The van der Waals surface area contributed by atoms with E-state index in [4.69, 9.17) is 5.11 Å². The third kappa shape index (κ3) is 3.03. The highest BCUT2D eigenvalue weighted by atomic mass is 32.2. The second-order valence-electron chi connectivity index (χ2n) is 4.97. The van der Waals surface area contributed by atoms with Crippen molar-refractivity contribution in [1.82, 2.24) is 4.37 Å². The average molecular weight is 348 g/mol. The van der Waals surface area contributed by atoms with Crippen molar-refractivity contribution in [2.24, 2.45) is 0 Å². The van der Waals surface area contributed by atoms with Crippen molar-refractivity contribution in [2.45, 2.75) is 11.8 Å². The fraction of sp³-hybridized carbons (Fsp3) is 0.0667. The van der Waals surface area contributed by atoms with E-state index in [1.54, 1.807) is 31.3 Å². The Morgan fingerprint density at radius 2 is 2.00 bits per heavy atom. The minimum Gasteiger partial charge on any atom is -0.478 e. The maximum atomic E-state index is 12.4. The van der Waals surface area contributed by atoms with E-state index in [0.717, 1.165) is 16.2 Å². The predicted molar refractivity (Wildman–Crippen MR) is 88.6 cm³/mol. The number of nitrogens with zero attached hydrogens (tertiary/aromatic N) is 1. The molecule has 0 aliphatic rings. The molecule has 0 fully saturated rings. The van der Waals surface area contributed by atoms with Crippen LogP contribution in [0.25, 0.3) is 10.1 Å². The number of aromatic carboxylic acids is 1. The standard InChI is InChI=1S/C15H12N2O4S2/c1-9-2-4-12(7-13(9)15(18)19)23(20,21)17-11-3-5-14-10(6-11)8-16-22-14/h2-8,17H,1H3,(H,18,19). The molecule has 0 atom stereocenters. The first-order chi connectivity index (χ1) is 10.9. The van der Waals surface area contributed by atoms with Crippen LogP contribution in [0.4, 0.5) is 5.69 Å². The van der Waals surface area contributed by atoms with Gasteiger partial charge >= 0.3 is 5.97 Å². The summed E-state index contributed by atoms with van der Waals surface area (Å²) < 4.78 is 32.3. The van der Waals surface area contributed by atoms with Crippen LogP contribution in [0.1, 0.15) is 15.9 Å². The Hall–Kier alpha value is -2.45. The van der Waals surface area contributed by atoms with Gasteiger partial charge in [0.25, 0.3) is 10.0 Å². The number of benzene rings is 2. The van der Waals surface area contributed by atoms with Crippen LogP contribution >= 0.6 is 11.5 Å². The molecule has 0 amide bonds. The van der Waals surface area contributed by atoms with Crippen molar-refractivity contribution in [3.63, 3.8) is 0 Å². The highest BCUT2D eigenvalue weighted by Gasteiger charge is 2.18. The van der Waals surface area contributed by atoms with Gasteiger partial charge in [0.05, 0.1) is 15.2 Å². The molecular weight excluding hydrogens is 336 g/mol. The van der Waals surface area contributed by atoms with Crippen molar-refractivity contribution in [1.29, 1.82) is 0 Å². The van der Waals surface area contributed by atoms with Gasteiger partial charge in [0.15, 0.2) is 0 Å². The zero-order valence-electron chi connectivity index (χ0n) is 12.0. The van der Waals surface area contributed by atoms with Gasteiger partial charge in [-0.15, -0.1) is 0 Å². The minimum atomic E-state index is -3.87. The molecule has 6 nitrogen and oxygen atoms in total. The molecule has 0 radical (unpaired) electrons. The number of carboxylic acid groups (broad SMARTS) is 1. The number of sulfonamides is 1. The molecule has 3 rings (SSSR count). The van der Waals surface area contributed by atoms with Crippen LogP contribution in [0.3, 0.4) is 0 Å². The Bertz CT molecular complexity index is 1010. The summed E-state index contributed by atoms with van der Waals surface area (Å²) in [5.41, 5.74) is 0.864. The van der Waals surface area contributed by atoms with E-state index in [1.165, 1.54) is 23.7 Å². The van der Waals surface area contributed by atoms with E-state index in [2.05, 4.69) is 9.10 Å². The van der Waals surface area contributed by atoms with Gasteiger partial charge in [-0.3, -0.25) is 4.72 Å². The number of hydrogen-bond donors (Lipinski definition) is 2. The Balaban J connectivity index is 1.98. The number of aryl methyl sites for hydroxylation is 1. The minimum absolute atomic E-state index is 0.0367. The Labute approximate surface area is 136 Å². The number of carbonyl (C=O) groups is 1. The molecule has 1 aromatic heterocycles. The van der Waals surface area contributed by atoms with Crippen molar-refractivity contribution in [3.8, 4) is 0 Å². The maximum absolute atomic E-state index is 12.4. The van der Waals surface area contributed by atoms with Crippen molar-refractivity contribution >= 4 is 43.3 Å². The summed E-state index contributed by atoms with van der Waals surface area (Å²) in [6.07, 6.45) is 1.66. The first-order valence-corrected chi connectivity index (χ1v) is 8.84. The number of rotatable bonds is 4. The van der Waals surface area contributed by atoms with Gasteiger partial charge in [0.2, 0.25) is 0 Å². The van der Waals surface area contributed by atoms with Gasteiger partial charge in [-0.2, -0.15) is 4.37 Å². The molecule has 23 heavy (non-hydrogen) atoms. The molecule has 0 aliphatic carbocycles. The second-order valence-corrected chi connectivity index (χ2v) is 7.48. The molecule has 0 saturated heterocycles. The molecule has 0 saturated carbocycles. The summed E-state index contributed by atoms with van der Waals surface area (Å²) in [5.74, 6) is -1.16. The Morgan fingerprint density at radius 1 is 1.22 bits per heavy atom. The molecule has 118 valence electrons. The molecule has 1 heterocycles. The lowest BCUT2D eigenvalue weighted by atomic mass is 10.1. The SMILES string of the molecule is Cc1ccc(S(=O)(=O)Nc2ccc3sncc3c2)cc1C(=O)O. The number of fused-ring (bicyclic) bond motifs is 1. The number of hydrogen-bond acceptors (Lipinski definition) is 5. The molecular formula is C15H12N2O4S2. The van der Waals surface area contributed by atoms with Gasteiger partial charge in [-0.1, -0.05) is 6.07 Å². The lowest BCUT2D eigenvalue weighted by molar-refractivity contribution is 0.0696. The fourth-order valence-electron chi connectivity index (χ4n) is 2.15. The summed E-state index contributed by atoms with van der Waals surface area (Å²) in [6.45, 7) is 1.62. The monoisotopic (exact) mass is 348 g/mol. The number of anilines is 1. The molecule has 0 spiro atoms. The lowest BCUT2D eigenvalue weighted by Crippen LogP contribution is -2.14. The zero-order chi connectivity index (χ0) is 16.6. The topological polar surface area (TPSA) is 96.4 Å². The highest BCUT2D eigenvalue weighted by Crippen LogP contribution is 2.24. The Kier molecular flexibility index (Phi) is 3.78. The smallest absolute Gasteiger partial charge is 0.335 e. The number of nitrogens with one attached hydrogen (secondary N) is 1. The molecule has 3 aromatic rings. The molecule has 8 heteroatoms. The summed E-state index contributed by atoms with van der Waals surface area (Å²) in [7, 11) is -3.87. The van der Waals surface area contributed by atoms with Crippen LogP contribution < -0.4 is 4.72 Å². The van der Waals surface area contributed by atoms with E-state index < -0.39 is 16.0 Å². The molecule has 2 aromatic carbocycles. The summed E-state index contributed by atoms with van der Waals surface area (Å²) in [4.78, 5) is 11.1. The van der Waals surface area contributed by atoms with Crippen LogP contribution in [0, 0.1) is 6.92 Å². The molecule has 0 aliphatic heterocycles.